The van der Waals surface area contributed by atoms with Crippen molar-refractivity contribution in [3.63, 3.8) is 0 Å². The Morgan fingerprint density at radius 1 is 1.43 bits per heavy atom. The third-order valence-corrected chi connectivity index (χ3v) is 4.58. The van der Waals surface area contributed by atoms with Crippen LogP contribution < -0.4 is 10.5 Å². The van der Waals surface area contributed by atoms with Crippen LogP contribution in [0.3, 0.4) is 0 Å². The van der Waals surface area contributed by atoms with Crippen molar-refractivity contribution in [2.24, 2.45) is 5.73 Å². The lowest BCUT2D eigenvalue weighted by Crippen LogP contribution is -2.26. The maximum absolute atomic E-state index is 12.1. The molecule has 0 saturated carbocycles. The van der Waals surface area contributed by atoms with Crippen LogP contribution in [0.25, 0.3) is 0 Å². The molecule has 0 fully saturated rings. The number of sulfonamides is 1. The third kappa shape index (κ3) is 4.01. The Balaban J connectivity index is 2.04. The molecule has 0 aliphatic heterocycles. The first-order valence-electron chi connectivity index (χ1n) is 6.20. The summed E-state index contributed by atoms with van der Waals surface area (Å²) in [5.41, 5.74) is 6.09. The van der Waals surface area contributed by atoms with Gasteiger partial charge in [-0.3, -0.25) is 0 Å². The molecule has 21 heavy (non-hydrogen) atoms. The Morgan fingerprint density at radius 2 is 2.19 bits per heavy atom. The summed E-state index contributed by atoms with van der Waals surface area (Å²) >= 11 is 5.91. The Kier molecular flexibility index (Phi) is 4.94. The van der Waals surface area contributed by atoms with Crippen LogP contribution in [0.5, 0.6) is 0 Å². The number of nitrogens with two attached hydrogens (primary N) is 1. The summed E-state index contributed by atoms with van der Waals surface area (Å²) < 4.78 is 31.7. The standard InChI is InChI=1S/C12H15ClN4O3S/c1-8-16-12(20-17-8)4-5-15-21(18,19)10-2-3-11(13)9(6-10)7-14/h2-3,6,15H,4-5,7,14H2,1H3. The molecular weight excluding hydrogens is 316 g/mol. The number of nitrogens with zero attached hydrogens (tertiary/aromatic N) is 2. The van der Waals surface area contributed by atoms with E-state index in [-0.39, 0.29) is 18.0 Å². The minimum absolute atomic E-state index is 0.119. The molecule has 0 bridgehead atoms. The summed E-state index contributed by atoms with van der Waals surface area (Å²) in [6.45, 7) is 2.02. The van der Waals surface area contributed by atoms with Gasteiger partial charge in [-0.15, -0.1) is 0 Å². The zero-order chi connectivity index (χ0) is 15.5. The third-order valence-electron chi connectivity index (χ3n) is 2.75. The monoisotopic (exact) mass is 330 g/mol. The van der Waals surface area contributed by atoms with Crippen molar-refractivity contribution in [3.05, 3.63) is 40.5 Å². The molecule has 1 aromatic carbocycles. The predicted octanol–water partition coefficient (Wildman–Crippen LogP) is 1.01. The lowest BCUT2D eigenvalue weighted by molar-refractivity contribution is 0.375. The highest BCUT2D eigenvalue weighted by Gasteiger charge is 2.15. The molecule has 1 aromatic heterocycles. The average molecular weight is 331 g/mol. The Hall–Kier alpha value is -1.48. The lowest BCUT2D eigenvalue weighted by Gasteiger charge is -2.08. The summed E-state index contributed by atoms with van der Waals surface area (Å²) in [4.78, 5) is 4.11. The van der Waals surface area contributed by atoms with Gasteiger partial charge in [-0.05, 0) is 30.7 Å². The first-order valence-corrected chi connectivity index (χ1v) is 8.06. The van der Waals surface area contributed by atoms with Crippen molar-refractivity contribution >= 4 is 21.6 Å². The molecule has 0 amide bonds. The quantitative estimate of drug-likeness (QED) is 0.817. The molecule has 2 rings (SSSR count). The van der Waals surface area contributed by atoms with Crippen LogP contribution in [0.2, 0.25) is 5.02 Å². The molecule has 0 aliphatic rings. The van der Waals surface area contributed by atoms with E-state index >= 15 is 0 Å². The van der Waals surface area contributed by atoms with Gasteiger partial charge in [0.25, 0.3) is 0 Å². The van der Waals surface area contributed by atoms with Gasteiger partial charge in [0.2, 0.25) is 15.9 Å². The van der Waals surface area contributed by atoms with Gasteiger partial charge >= 0.3 is 0 Å². The van der Waals surface area contributed by atoms with E-state index in [1.165, 1.54) is 18.2 Å². The van der Waals surface area contributed by atoms with E-state index in [1.54, 1.807) is 6.92 Å². The molecule has 114 valence electrons. The summed E-state index contributed by atoms with van der Waals surface area (Å²) in [6.07, 6.45) is 0.317. The van der Waals surface area contributed by atoms with Crippen molar-refractivity contribution in [1.82, 2.24) is 14.9 Å². The van der Waals surface area contributed by atoms with Gasteiger partial charge in [0, 0.05) is 24.5 Å². The summed E-state index contributed by atoms with van der Waals surface area (Å²) in [6, 6.07) is 4.40. The van der Waals surface area contributed by atoms with Crippen LogP contribution in [0.1, 0.15) is 17.3 Å². The maximum Gasteiger partial charge on any atom is 0.240 e. The molecule has 0 aliphatic carbocycles. The van der Waals surface area contributed by atoms with Gasteiger partial charge in [0.1, 0.15) is 0 Å². The van der Waals surface area contributed by atoms with Gasteiger partial charge in [-0.1, -0.05) is 16.8 Å². The Bertz CT molecular complexity index is 730. The summed E-state index contributed by atoms with van der Waals surface area (Å²) in [5.74, 6) is 0.895. The van der Waals surface area contributed by atoms with Crippen molar-refractivity contribution in [3.8, 4) is 0 Å². The first-order chi connectivity index (χ1) is 9.92. The fourth-order valence-electron chi connectivity index (χ4n) is 1.69. The molecule has 3 N–H and O–H groups in total. The van der Waals surface area contributed by atoms with E-state index in [0.717, 1.165) is 0 Å². The number of halogens is 1. The van der Waals surface area contributed by atoms with Crippen molar-refractivity contribution < 1.29 is 12.9 Å². The fraction of sp³-hybridized carbons (Fsp3) is 0.333. The van der Waals surface area contributed by atoms with Gasteiger partial charge in [-0.2, -0.15) is 4.98 Å². The van der Waals surface area contributed by atoms with Crippen LogP contribution in [0.4, 0.5) is 0 Å². The molecule has 0 saturated heterocycles. The van der Waals surface area contributed by atoms with E-state index < -0.39 is 10.0 Å². The van der Waals surface area contributed by atoms with Crippen LogP contribution >= 0.6 is 11.6 Å². The second kappa shape index (κ2) is 6.52. The lowest BCUT2D eigenvalue weighted by atomic mass is 10.2. The van der Waals surface area contributed by atoms with E-state index in [0.29, 0.717) is 28.7 Å². The highest BCUT2D eigenvalue weighted by Crippen LogP contribution is 2.19. The zero-order valence-corrected chi connectivity index (χ0v) is 12.9. The minimum Gasteiger partial charge on any atom is -0.339 e. The molecule has 9 heteroatoms. The summed E-state index contributed by atoms with van der Waals surface area (Å²) in [5, 5.41) is 4.07. The van der Waals surface area contributed by atoms with Crippen molar-refractivity contribution in [2.45, 2.75) is 24.8 Å². The predicted molar refractivity (Wildman–Crippen MR) is 77.3 cm³/mol. The number of aryl methyl sites for hydroxylation is 1. The van der Waals surface area contributed by atoms with Gasteiger partial charge in [-0.25, -0.2) is 13.1 Å². The topological polar surface area (TPSA) is 111 Å². The smallest absolute Gasteiger partial charge is 0.240 e. The zero-order valence-electron chi connectivity index (χ0n) is 11.3. The molecule has 0 radical (unpaired) electrons. The summed E-state index contributed by atoms with van der Waals surface area (Å²) in [7, 11) is -3.63. The van der Waals surface area contributed by atoms with Crippen molar-refractivity contribution in [1.29, 1.82) is 0 Å². The van der Waals surface area contributed by atoms with Crippen LogP contribution in [0.15, 0.2) is 27.6 Å². The number of hydrogen-bond acceptors (Lipinski definition) is 6. The van der Waals surface area contributed by atoms with E-state index in [1.807, 2.05) is 0 Å². The molecule has 1 heterocycles. The van der Waals surface area contributed by atoms with Gasteiger partial charge in [0.15, 0.2) is 5.82 Å². The average Bonchev–Trinajstić information content (AvgIpc) is 2.84. The number of nitrogens with one attached hydrogen (secondary N) is 1. The van der Waals surface area contributed by atoms with Gasteiger partial charge in [0.05, 0.1) is 4.90 Å². The van der Waals surface area contributed by atoms with Crippen molar-refractivity contribution in [2.75, 3.05) is 6.54 Å². The van der Waals surface area contributed by atoms with Crippen LogP contribution in [-0.2, 0) is 23.0 Å². The first kappa shape index (κ1) is 15.9. The minimum atomic E-state index is -3.63. The van der Waals surface area contributed by atoms with Crippen LogP contribution in [-0.4, -0.2) is 25.1 Å². The van der Waals surface area contributed by atoms with E-state index in [9.17, 15) is 8.42 Å². The van der Waals surface area contributed by atoms with E-state index in [4.69, 9.17) is 21.9 Å². The number of rotatable bonds is 6. The van der Waals surface area contributed by atoms with Crippen LogP contribution in [0, 0.1) is 6.92 Å². The second-order valence-electron chi connectivity index (χ2n) is 4.34. The van der Waals surface area contributed by atoms with Gasteiger partial charge < -0.3 is 10.3 Å². The molecular formula is C12H15ClN4O3S. The van der Waals surface area contributed by atoms with E-state index in [2.05, 4.69) is 14.9 Å². The molecule has 0 spiro atoms. The Labute approximate surface area is 127 Å². The molecule has 0 atom stereocenters. The molecule has 7 nitrogen and oxygen atoms in total. The number of benzene rings is 1. The number of hydrogen-bond donors (Lipinski definition) is 2. The maximum atomic E-state index is 12.1. The SMILES string of the molecule is Cc1noc(CCNS(=O)(=O)c2ccc(Cl)c(CN)c2)n1. The molecule has 0 unspecified atom stereocenters. The molecule has 2 aromatic rings. The normalized spacial score (nSPS) is 11.8. The number of aromatic nitrogens is 2. The Morgan fingerprint density at radius 3 is 2.81 bits per heavy atom. The fourth-order valence-corrected chi connectivity index (χ4v) is 2.97. The second-order valence-corrected chi connectivity index (χ2v) is 6.51. The highest BCUT2D eigenvalue weighted by atomic mass is 35.5. The largest absolute Gasteiger partial charge is 0.339 e. The highest BCUT2D eigenvalue weighted by molar-refractivity contribution is 7.89.